The number of piperidine rings is 1. The lowest BCUT2D eigenvalue weighted by Crippen LogP contribution is -2.47. The van der Waals surface area contributed by atoms with Crippen molar-refractivity contribution in [2.75, 3.05) is 46.5 Å². The van der Waals surface area contributed by atoms with Crippen molar-refractivity contribution in [3.05, 3.63) is 18.2 Å². The van der Waals surface area contributed by atoms with Crippen LogP contribution in [0.5, 0.6) is 0 Å². The first-order valence-electron chi connectivity index (χ1n) is 10.4. The van der Waals surface area contributed by atoms with Gasteiger partial charge in [-0.15, -0.1) is 0 Å². The highest BCUT2D eigenvalue weighted by molar-refractivity contribution is 5.80. The minimum Gasteiger partial charge on any atom is -0.385 e. The molecule has 1 N–H and O–H groups in total. The van der Waals surface area contributed by atoms with Crippen LogP contribution in [0.3, 0.4) is 0 Å². The molecule has 1 fully saturated rings. The molecule has 0 amide bonds. The van der Waals surface area contributed by atoms with Crippen LogP contribution >= 0.6 is 0 Å². The van der Waals surface area contributed by atoms with Crippen molar-refractivity contribution in [2.24, 2.45) is 4.99 Å². The van der Waals surface area contributed by atoms with E-state index in [1.54, 1.807) is 7.11 Å². The van der Waals surface area contributed by atoms with Crippen LogP contribution in [0.15, 0.2) is 17.4 Å². The summed E-state index contributed by atoms with van der Waals surface area (Å²) in [6.45, 7) is 10.5. The minimum atomic E-state index is 0.374. The summed E-state index contributed by atoms with van der Waals surface area (Å²) in [5.74, 6) is 2.13. The molecule has 2 heterocycles. The van der Waals surface area contributed by atoms with Crippen LogP contribution in [0.2, 0.25) is 0 Å². The molecule has 0 aromatic carbocycles. The van der Waals surface area contributed by atoms with Gasteiger partial charge in [-0.3, -0.25) is 4.99 Å². The molecule has 2 rings (SSSR count). The average Bonchev–Trinajstić information content (AvgIpc) is 3.09. The highest BCUT2D eigenvalue weighted by Gasteiger charge is 2.21. The lowest BCUT2D eigenvalue weighted by molar-refractivity contribution is 0.00990. The van der Waals surface area contributed by atoms with Gasteiger partial charge in [-0.1, -0.05) is 0 Å². The van der Waals surface area contributed by atoms with E-state index in [0.717, 1.165) is 89.8 Å². The molecule has 0 bridgehead atoms. The molecule has 1 aliphatic heterocycles. The number of hydrogen-bond acceptors (Lipinski definition) is 4. The molecular weight excluding hydrogens is 342 g/mol. The Morgan fingerprint density at radius 2 is 2.07 bits per heavy atom. The van der Waals surface area contributed by atoms with Gasteiger partial charge in [-0.05, 0) is 46.0 Å². The van der Waals surface area contributed by atoms with Gasteiger partial charge in [0.2, 0.25) is 0 Å². The van der Waals surface area contributed by atoms with Crippen LogP contribution in [0.25, 0.3) is 0 Å². The normalized spacial score (nSPS) is 16.1. The fourth-order valence-electron chi connectivity index (χ4n) is 3.33. The van der Waals surface area contributed by atoms with Gasteiger partial charge in [0.15, 0.2) is 5.96 Å². The third kappa shape index (κ3) is 7.89. The molecule has 154 valence electrons. The van der Waals surface area contributed by atoms with Crippen LogP contribution in [-0.2, 0) is 16.0 Å². The predicted molar refractivity (Wildman–Crippen MR) is 109 cm³/mol. The summed E-state index contributed by atoms with van der Waals surface area (Å²) < 4.78 is 13.2. The number of aromatic nitrogens is 2. The zero-order valence-corrected chi connectivity index (χ0v) is 17.3. The van der Waals surface area contributed by atoms with Crippen molar-refractivity contribution in [3.63, 3.8) is 0 Å². The lowest BCUT2D eigenvalue weighted by atomic mass is 10.1. The van der Waals surface area contributed by atoms with Crippen molar-refractivity contribution < 1.29 is 9.47 Å². The Labute approximate surface area is 164 Å². The molecular formula is C20H37N5O2. The number of imidazole rings is 1. The van der Waals surface area contributed by atoms with Crippen LogP contribution in [0, 0.1) is 6.92 Å². The first-order valence-corrected chi connectivity index (χ1v) is 10.4. The Hall–Kier alpha value is -1.60. The molecule has 0 atom stereocenters. The van der Waals surface area contributed by atoms with E-state index in [9.17, 15) is 0 Å². The highest BCUT2D eigenvalue weighted by Crippen LogP contribution is 2.14. The Morgan fingerprint density at radius 3 is 2.74 bits per heavy atom. The van der Waals surface area contributed by atoms with Gasteiger partial charge >= 0.3 is 0 Å². The molecule has 0 unspecified atom stereocenters. The number of rotatable bonds is 11. The van der Waals surface area contributed by atoms with Gasteiger partial charge in [0.05, 0.1) is 6.10 Å². The predicted octanol–water partition coefficient (Wildman–Crippen LogP) is 2.45. The number of methoxy groups -OCH3 is 1. The summed E-state index contributed by atoms with van der Waals surface area (Å²) in [5.41, 5.74) is 0. The number of hydrogen-bond donors (Lipinski definition) is 1. The van der Waals surface area contributed by atoms with Crippen LogP contribution in [0.1, 0.15) is 44.9 Å². The summed E-state index contributed by atoms with van der Waals surface area (Å²) in [5, 5.41) is 3.44. The van der Waals surface area contributed by atoms with E-state index < -0.39 is 0 Å². The number of aliphatic imine (C=N–C) groups is 1. The third-order valence-corrected chi connectivity index (χ3v) is 4.92. The maximum Gasteiger partial charge on any atom is 0.193 e. The van der Waals surface area contributed by atoms with Crippen molar-refractivity contribution in [3.8, 4) is 0 Å². The van der Waals surface area contributed by atoms with Gasteiger partial charge in [-0.2, -0.15) is 0 Å². The van der Waals surface area contributed by atoms with Crippen molar-refractivity contribution >= 4 is 5.96 Å². The average molecular weight is 380 g/mol. The maximum absolute atomic E-state index is 5.96. The summed E-state index contributed by atoms with van der Waals surface area (Å²) >= 11 is 0. The Kier molecular flexibility index (Phi) is 10.2. The zero-order valence-electron chi connectivity index (χ0n) is 17.3. The second-order valence-corrected chi connectivity index (χ2v) is 7.01. The molecule has 1 aromatic heterocycles. The summed E-state index contributed by atoms with van der Waals surface area (Å²) in [4.78, 5) is 11.5. The van der Waals surface area contributed by atoms with Gasteiger partial charge < -0.3 is 24.3 Å². The molecule has 27 heavy (non-hydrogen) atoms. The van der Waals surface area contributed by atoms with E-state index in [1.165, 1.54) is 0 Å². The molecule has 7 heteroatoms. The molecule has 1 aliphatic rings. The quantitative estimate of drug-likeness (QED) is 0.363. The molecule has 1 saturated heterocycles. The number of nitrogens with one attached hydrogen (secondary N) is 1. The third-order valence-electron chi connectivity index (χ3n) is 4.92. The maximum atomic E-state index is 5.96. The second kappa shape index (κ2) is 12.7. The number of aryl methyl sites for hydroxylation is 2. The molecule has 7 nitrogen and oxygen atoms in total. The van der Waals surface area contributed by atoms with Gasteiger partial charge in [0.25, 0.3) is 0 Å². The van der Waals surface area contributed by atoms with Gasteiger partial charge in [-0.25, -0.2) is 4.98 Å². The second-order valence-electron chi connectivity index (χ2n) is 7.01. The van der Waals surface area contributed by atoms with Gasteiger partial charge in [0, 0.05) is 65.4 Å². The van der Waals surface area contributed by atoms with Crippen molar-refractivity contribution in [2.45, 2.75) is 58.6 Å². The minimum absolute atomic E-state index is 0.374. The SMILES string of the molecule is CCNC(=NCCCCn1ccnc1C)N1CCC(OCCCOC)CC1. The van der Waals surface area contributed by atoms with E-state index in [0.29, 0.717) is 6.10 Å². The van der Waals surface area contributed by atoms with Crippen LogP contribution in [0.4, 0.5) is 0 Å². The molecule has 0 saturated carbocycles. The number of likely N-dealkylation sites (tertiary alicyclic amines) is 1. The van der Waals surface area contributed by atoms with E-state index >= 15 is 0 Å². The van der Waals surface area contributed by atoms with Crippen LogP contribution in [-0.4, -0.2) is 73.0 Å². The fourth-order valence-corrected chi connectivity index (χ4v) is 3.33. The van der Waals surface area contributed by atoms with E-state index in [1.807, 2.05) is 19.3 Å². The zero-order chi connectivity index (χ0) is 19.3. The molecule has 0 radical (unpaired) electrons. The monoisotopic (exact) mass is 379 g/mol. The fraction of sp³-hybridized carbons (Fsp3) is 0.800. The lowest BCUT2D eigenvalue weighted by Gasteiger charge is -2.34. The van der Waals surface area contributed by atoms with E-state index in [-0.39, 0.29) is 0 Å². The number of guanidine groups is 1. The first-order chi connectivity index (χ1) is 13.2. The van der Waals surface area contributed by atoms with Crippen molar-refractivity contribution in [1.29, 1.82) is 0 Å². The van der Waals surface area contributed by atoms with Gasteiger partial charge in [0.1, 0.15) is 5.82 Å². The first kappa shape index (κ1) is 21.7. The summed E-state index contributed by atoms with van der Waals surface area (Å²) in [6, 6.07) is 0. The molecule has 0 aliphatic carbocycles. The number of unbranched alkanes of at least 4 members (excludes halogenated alkanes) is 1. The number of nitrogens with zero attached hydrogens (tertiary/aromatic N) is 4. The Balaban J connectivity index is 1.68. The topological polar surface area (TPSA) is 63.9 Å². The van der Waals surface area contributed by atoms with E-state index in [2.05, 4.69) is 26.7 Å². The summed E-state index contributed by atoms with van der Waals surface area (Å²) in [7, 11) is 1.73. The molecule has 1 aromatic rings. The number of ether oxygens (including phenoxy) is 2. The Bertz CT molecular complexity index is 538. The standard InChI is InChI=1S/C20H37N5O2/c1-4-21-20(23-10-5-6-12-24-15-11-22-18(24)2)25-13-8-19(9-14-25)27-17-7-16-26-3/h11,15,19H,4-10,12-14,16-17H2,1-3H3,(H,21,23). The van der Waals surface area contributed by atoms with E-state index in [4.69, 9.17) is 14.5 Å². The molecule has 0 spiro atoms. The smallest absolute Gasteiger partial charge is 0.193 e. The highest BCUT2D eigenvalue weighted by atomic mass is 16.5. The Morgan fingerprint density at radius 1 is 1.26 bits per heavy atom. The largest absolute Gasteiger partial charge is 0.385 e. The van der Waals surface area contributed by atoms with Crippen molar-refractivity contribution in [1.82, 2.24) is 19.8 Å². The summed E-state index contributed by atoms with van der Waals surface area (Å²) in [6.07, 6.45) is 9.60. The van der Waals surface area contributed by atoms with Crippen LogP contribution < -0.4 is 5.32 Å².